The van der Waals surface area contributed by atoms with E-state index in [0.29, 0.717) is 11.6 Å². The minimum Gasteiger partial charge on any atom is -0.355 e. The predicted octanol–water partition coefficient (Wildman–Crippen LogP) is 4.25. The first-order chi connectivity index (χ1) is 14.4. The number of anilines is 4. The summed E-state index contributed by atoms with van der Waals surface area (Å²) in [4.78, 5) is 30.6. The molecule has 6 heteroatoms. The van der Waals surface area contributed by atoms with Gasteiger partial charge in [0.25, 0.3) is 5.91 Å². The molecule has 2 aliphatic rings. The standard InChI is InChI=1S/C24H30N4O2/c1-16-23(29)27(4)21-14-13-19(15-22(21)28(16)20-7-5-6-8-20)25-18-11-9-17(10-12-18)24(30)26(2)3/h9-16,20,25H,5-8H2,1-4H3/t16-/m1/s1. The topological polar surface area (TPSA) is 55.9 Å². The molecule has 0 aromatic heterocycles. The van der Waals surface area contributed by atoms with Crippen molar-refractivity contribution >= 4 is 34.6 Å². The summed E-state index contributed by atoms with van der Waals surface area (Å²) in [6.07, 6.45) is 4.73. The highest BCUT2D eigenvalue weighted by atomic mass is 16.2. The average molecular weight is 407 g/mol. The third-order valence-electron chi connectivity index (χ3n) is 6.26. The fourth-order valence-electron chi connectivity index (χ4n) is 4.63. The van der Waals surface area contributed by atoms with E-state index in [1.807, 2.05) is 50.4 Å². The molecule has 1 aliphatic carbocycles. The SMILES string of the molecule is C[C@@H]1C(=O)N(C)c2ccc(Nc3ccc(C(=O)N(C)C)cc3)cc2N1C1CCCC1. The lowest BCUT2D eigenvalue weighted by Gasteiger charge is -2.43. The fraction of sp³-hybridized carbons (Fsp3) is 0.417. The van der Waals surface area contributed by atoms with Gasteiger partial charge >= 0.3 is 0 Å². The first-order valence-corrected chi connectivity index (χ1v) is 10.7. The minimum atomic E-state index is -0.155. The Morgan fingerprint density at radius 1 is 1.00 bits per heavy atom. The molecule has 1 aliphatic heterocycles. The molecular weight excluding hydrogens is 376 g/mol. The van der Waals surface area contributed by atoms with Gasteiger partial charge in [-0.25, -0.2) is 0 Å². The van der Waals surface area contributed by atoms with E-state index < -0.39 is 0 Å². The molecule has 2 amide bonds. The fourth-order valence-corrected chi connectivity index (χ4v) is 4.63. The van der Waals surface area contributed by atoms with Crippen LogP contribution in [0.2, 0.25) is 0 Å². The number of fused-ring (bicyclic) bond motifs is 1. The molecule has 0 saturated heterocycles. The molecule has 30 heavy (non-hydrogen) atoms. The second-order valence-corrected chi connectivity index (χ2v) is 8.52. The number of hydrogen-bond acceptors (Lipinski definition) is 4. The van der Waals surface area contributed by atoms with Crippen molar-refractivity contribution in [3.05, 3.63) is 48.0 Å². The van der Waals surface area contributed by atoms with Crippen LogP contribution in [-0.4, -0.2) is 49.9 Å². The molecule has 1 saturated carbocycles. The van der Waals surface area contributed by atoms with E-state index in [1.165, 1.54) is 12.8 Å². The molecule has 4 rings (SSSR count). The number of amides is 2. The molecule has 1 atom stereocenters. The third kappa shape index (κ3) is 3.62. The summed E-state index contributed by atoms with van der Waals surface area (Å²) >= 11 is 0. The van der Waals surface area contributed by atoms with Gasteiger partial charge in [0, 0.05) is 44.1 Å². The van der Waals surface area contributed by atoms with Crippen LogP contribution in [0.5, 0.6) is 0 Å². The maximum atomic E-state index is 12.8. The van der Waals surface area contributed by atoms with E-state index >= 15 is 0 Å². The largest absolute Gasteiger partial charge is 0.355 e. The van der Waals surface area contributed by atoms with E-state index in [1.54, 1.807) is 23.9 Å². The Balaban J connectivity index is 1.62. The highest BCUT2D eigenvalue weighted by Crippen LogP contribution is 2.41. The van der Waals surface area contributed by atoms with E-state index in [2.05, 4.69) is 16.3 Å². The van der Waals surface area contributed by atoms with Crippen molar-refractivity contribution in [2.75, 3.05) is 36.3 Å². The average Bonchev–Trinajstić information content (AvgIpc) is 3.26. The van der Waals surface area contributed by atoms with Crippen molar-refractivity contribution in [1.29, 1.82) is 0 Å². The first-order valence-electron chi connectivity index (χ1n) is 10.7. The zero-order valence-electron chi connectivity index (χ0n) is 18.2. The van der Waals surface area contributed by atoms with Crippen LogP contribution in [0.1, 0.15) is 43.0 Å². The summed E-state index contributed by atoms with van der Waals surface area (Å²) in [6.45, 7) is 2.01. The summed E-state index contributed by atoms with van der Waals surface area (Å²) in [7, 11) is 5.36. The Morgan fingerprint density at radius 3 is 2.27 bits per heavy atom. The van der Waals surface area contributed by atoms with E-state index in [9.17, 15) is 9.59 Å². The molecular formula is C24H30N4O2. The molecule has 6 nitrogen and oxygen atoms in total. The first kappa shape index (κ1) is 20.3. The zero-order valence-corrected chi connectivity index (χ0v) is 18.2. The number of hydrogen-bond donors (Lipinski definition) is 1. The van der Waals surface area contributed by atoms with Crippen LogP contribution in [-0.2, 0) is 4.79 Å². The summed E-state index contributed by atoms with van der Waals surface area (Å²) in [6, 6.07) is 13.9. The number of likely N-dealkylation sites (N-methyl/N-ethyl adjacent to an activating group) is 1. The van der Waals surface area contributed by atoms with Gasteiger partial charge in [0.1, 0.15) is 6.04 Å². The lowest BCUT2D eigenvalue weighted by molar-refractivity contribution is -0.119. The second-order valence-electron chi connectivity index (χ2n) is 8.52. The van der Waals surface area contributed by atoms with Crippen LogP contribution >= 0.6 is 0 Å². The Bertz CT molecular complexity index is 948. The van der Waals surface area contributed by atoms with Crippen molar-refractivity contribution in [2.24, 2.45) is 0 Å². The molecule has 0 spiro atoms. The number of nitrogens with zero attached hydrogens (tertiary/aromatic N) is 3. The minimum absolute atomic E-state index is 0.00997. The maximum absolute atomic E-state index is 12.8. The maximum Gasteiger partial charge on any atom is 0.253 e. The number of carbonyl (C=O) groups is 2. The number of benzene rings is 2. The highest BCUT2D eigenvalue weighted by molar-refractivity contribution is 6.05. The van der Waals surface area contributed by atoms with Gasteiger partial charge in [0.15, 0.2) is 0 Å². The normalized spacial score (nSPS) is 19.1. The van der Waals surface area contributed by atoms with Crippen LogP contribution in [0.25, 0.3) is 0 Å². The van der Waals surface area contributed by atoms with Crippen molar-refractivity contribution < 1.29 is 9.59 Å². The summed E-state index contributed by atoms with van der Waals surface area (Å²) in [5.74, 6) is 0.139. The quantitative estimate of drug-likeness (QED) is 0.825. The monoisotopic (exact) mass is 406 g/mol. The van der Waals surface area contributed by atoms with Gasteiger partial charge in [-0.3, -0.25) is 9.59 Å². The van der Waals surface area contributed by atoms with Gasteiger partial charge in [0.2, 0.25) is 5.91 Å². The number of rotatable bonds is 4. The summed E-state index contributed by atoms with van der Waals surface area (Å²) in [5.41, 5.74) is 4.63. The van der Waals surface area contributed by atoms with E-state index in [4.69, 9.17) is 0 Å². The molecule has 1 fully saturated rings. The van der Waals surface area contributed by atoms with Crippen LogP contribution in [0.4, 0.5) is 22.7 Å². The van der Waals surface area contributed by atoms with Gasteiger partial charge in [0.05, 0.1) is 11.4 Å². The van der Waals surface area contributed by atoms with Crippen molar-refractivity contribution in [2.45, 2.75) is 44.7 Å². The van der Waals surface area contributed by atoms with Crippen molar-refractivity contribution in [1.82, 2.24) is 4.90 Å². The van der Waals surface area contributed by atoms with E-state index in [-0.39, 0.29) is 17.9 Å². The Labute approximate surface area is 178 Å². The Hall–Kier alpha value is -3.02. The number of carbonyl (C=O) groups excluding carboxylic acids is 2. The van der Waals surface area contributed by atoms with Gasteiger partial charge in [-0.15, -0.1) is 0 Å². The Morgan fingerprint density at radius 2 is 1.63 bits per heavy atom. The second kappa shape index (κ2) is 8.01. The molecule has 2 aromatic rings. The molecule has 158 valence electrons. The Kier molecular flexibility index (Phi) is 5.41. The summed E-state index contributed by atoms with van der Waals surface area (Å²) < 4.78 is 0. The molecule has 1 N–H and O–H groups in total. The smallest absolute Gasteiger partial charge is 0.253 e. The van der Waals surface area contributed by atoms with Gasteiger partial charge in [-0.05, 0) is 62.2 Å². The number of nitrogens with one attached hydrogen (secondary N) is 1. The van der Waals surface area contributed by atoms with Crippen LogP contribution in [0, 0.1) is 0 Å². The molecule has 0 radical (unpaired) electrons. The summed E-state index contributed by atoms with van der Waals surface area (Å²) in [5, 5.41) is 3.45. The van der Waals surface area contributed by atoms with Crippen molar-refractivity contribution in [3.63, 3.8) is 0 Å². The van der Waals surface area contributed by atoms with Crippen molar-refractivity contribution in [3.8, 4) is 0 Å². The van der Waals surface area contributed by atoms with Crippen LogP contribution in [0.15, 0.2) is 42.5 Å². The predicted molar refractivity (Wildman–Crippen MR) is 122 cm³/mol. The molecule has 0 bridgehead atoms. The van der Waals surface area contributed by atoms with Gasteiger partial charge in [-0.2, -0.15) is 0 Å². The van der Waals surface area contributed by atoms with Crippen LogP contribution < -0.4 is 15.1 Å². The molecule has 1 heterocycles. The van der Waals surface area contributed by atoms with Gasteiger partial charge in [-0.1, -0.05) is 12.8 Å². The lowest BCUT2D eigenvalue weighted by Crippen LogP contribution is -2.54. The van der Waals surface area contributed by atoms with Crippen LogP contribution in [0.3, 0.4) is 0 Å². The highest BCUT2D eigenvalue weighted by Gasteiger charge is 2.38. The third-order valence-corrected chi connectivity index (χ3v) is 6.26. The molecule has 0 unspecified atom stereocenters. The van der Waals surface area contributed by atoms with Gasteiger partial charge < -0.3 is 20.0 Å². The zero-order chi connectivity index (χ0) is 21.4. The molecule has 2 aromatic carbocycles. The lowest BCUT2D eigenvalue weighted by atomic mass is 10.0. The van der Waals surface area contributed by atoms with E-state index in [0.717, 1.165) is 35.6 Å².